The third-order valence-electron chi connectivity index (χ3n) is 18.8. The standard InChI is InChI=1S/C80H131N27O22/c1-42(2)34-55(73(123)95-44(4)66(116)103-57(37-60(85)111)74(124)102-54(78(128)129)28-29-59(84)110)104-71(121)50(24-14-16-30-81)100-69(119)52(26-18-32-90-79(86)87)98-65(115)43(3)96-76(126)58(41-108)105-72(122)51(25-15-17-31-82)101-70(120)53(27-19-33-91-80(88)89)99-67(117)45(5)107(7)63(114)40-94-77(127)64(46(6)109)106-75(125)56(36-48-22-12-9-13-23-48)97-62(113)39-92-61(112)38-93-68(118)49(83)35-47-20-10-8-11-21-47/h8-13,20-23,42-46,49-58,64,108-109H,14-19,24-41,81-83H2,1-7H3,(H2,84,110)(H2,85,111)(H,92,112)(H,93,118)(H,94,127)(H,95,123)(H,96,126)(H,97,113)(H,98,115)(H,99,117)(H,100,119)(H,101,120)(H,102,124)(H,103,116)(H,104,121)(H,105,122)(H,106,125)(H,128,129)(H4,86,87,90)(H4,88,89,91)/t43-,44-,45-,46+,49-,50-,51-,52-,53-,54-,55-,56-,57-,58-,64-/m0/s1. The number of carboxylic acid groups (broad SMARTS) is 1. The van der Waals surface area contributed by atoms with Gasteiger partial charge in [-0.1, -0.05) is 74.5 Å². The van der Waals surface area contributed by atoms with Crippen LogP contribution in [0.3, 0.4) is 0 Å². The number of aliphatic hydroxyl groups excluding tert-OH is 19. The molecule has 0 aliphatic rings. The number of rotatable bonds is 62. The van der Waals surface area contributed by atoms with Crippen molar-refractivity contribution in [2.75, 3.05) is 59.5 Å². The minimum absolute atomic E-state index is 0.0196. The van der Waals surface area contributed by atoms with Gasteiger partial charge in [-0.05, 0) is 141 Å². The molecule has 36 N–H and O–H groups in total. The van der Waals surface area contributed by atoms with Crippen molar-refractivity contribution in [3.05, 3.63) is 71.8 Å². The summed E-state index contributed by atoms with van der Waals surface area (Å²) in [6.07, 6.45) is -2.36. The maximum atomic E-state index is 13.8. The Hall–Kier alpha value is -13.3. The van der Waals surface area contributed by atoms with Crippen LogP contribution in [0.1, 0.15) is 143 Å². The lowest BCUT2D eigenvalue weighted by Gasteiger charge is -2.24. The molecule has 2 aromatic rings. The molecule has 0 radical (unpaired) electrons. The number of hydrogen-bond donors (Lipinski definition) is 31. The molecule has 0 bridgehead atoms. The van der Waals surface area contributed by atoms with E-state index in [0.717, 1.165) is 10.5 Å². The molecular weight excluding hydrogens is 1690 g/mol. The topological polar surface area (TPSA) is 877 Å². The molecule has 0 aliphatic heterocycles. The van der Waals surface area contributed by atoms with Gasteiger partial charge in [0.15, 0.2) is 47.7 Å². The number of aliphatic hydroxyl groups is 19. The van der Waals surface area contributed by atoms with Crippen LogP contribution >= 0.6 is 0 Å². The number of benzene rings is 2. The van der Waals surface area contributed by atoms with Crippen LogP contribution in [0.25, 0.3) is 0 Å². The zero-order chi connectivity index (χ0) is 97.2. The molecule has 0 saturated heterocycles. The van der Waals surface area contributed by atoms with E-state index in [1.54, 1.807) is 56.3 Å². The van der Waals surface area contributed by atoms with Crippen LogP contribution in [-0.2, 0) is 22.4 Å². The lowest BCUT2D eigenvalue weighted by Crippen LogP contribution is -2.42. The molecule has 0 unspecified atom stereocenters. The van der Waals surface area contributed by atoms with E-state index in [2.05, 4.69) is 85.5 Å². The lowest BCUT2D eigenvalue weighted by molar-refractivity contribution is -0.138. The molecule has 15 atom stereocenters. The van der Waals surface area contributed by atoms with Gasteiger partial charge in [-0.15, -0.1) is 0 Å². The first-order valence-electron chi connectivity index (χ1n) is 41.4. The number of nitrogens with two attached hydrogens (primary N) is 5. The second-order valence-electron chi connectivity index (χ2n) is 30.2. The summed E-state index contributed by atoms with van der Waals surface area (Å²) in [5.74, 6) is -17.9. The van der Waals surface area contributed by atoms with E-state index in [1.165, 1.54) is 34.7 Å². The molecule has 718 valence electrons. The first-order chi connectivity index (χ1) is 60.8. The maximum absolute atomic E-state index is 13.8. The van der Waals surface area contributed by atoms with Crippen molar-refractivity contribution in [1.29, 1.82) is 21.6 Å². The molecular formula is C80H131N27O22. The zero-order valence-corrected chi connectivity index (χ0v) is 73.3. The molecule has 0 aromatic heterocycles. The van der Waals surface area contributed by atoms with Crippen LogP contribution in [0.15, 0.2) is 136 Å². The van der Waals surface area contributed by atoms with Gasteiger partial charge in [0.25, 0.3) is 0 Å². The molecule has 1 amide bonds. The van der Waals surface area contributed by atoms with E-state index < -0.39 is 260 Å². The summed E-state index contributed by atoms with van der Waals surface area (Å²) < 4.78 is 0. The van der Waals surface area contributed by atoms with Crippen molar-refractivity contribution in [2.45, 2.75) is 235 Å². The Morgan fingerprint density at radius 1 is 0.411 bits per heavy atom. The van der Waals surface area contributed by atoms with Crippen LogP contribution in [0.5, 0.6) is 0 Å². The Kier molecular flexibility index (Phi) is 51.7. The number of hydrogen-bond acceptors (Lipinski definition) is 26. The highest BCUT2D eigenvalue weighted by molar-refractivity contribution is 5.97. The maximum Gasteiger partial charge on any atom is 0.328 e. The second-order valence-corrected chi connectivity index (χ2v) is 30.2. The molecule has 0 heterocycles. The fraction of sp³-hybridized carbons (Fsp3) is 0.588. The van der Waals surface area contributed by atoms with E-state index in [4.69, 9.17) is 50.3 Å². The van der Waals surface area contributed by atoms with Gasteiger partial charge in [0, 0.05) is 33.0 Å². The number of aliphatic carboxylic acids is 1. The van der Waals surface area contributed by atoms with Crippen LogP contribution in [0.2, 0.25) is 0 Å². The Labute approximate surface area is 745 Å². The highest BCUT2D eigenvalue weighted by atomic mass is 16.4. The number of nitrogens with zero attached hydrogens (tertiary/aromatic N) is 16. The van der Waals surface area contributed by atoms with Gasteiger partial charge < -0.3 is 146 Å². The third-order valence-corrected chi connectivity index (χ3v) is 18.8. The molecule has 129 heavy (non-hydrogen) atoms. The van der Waals surface area contributed by atoms with E-state index in [1.807, 2.05) is 18.2 Å². The minimum atomic E-state index is -1.82. The summed E-state index contributed by atoms with van der Waals surface area (Å²) in [6, 6.07) is -3.59. The first-order valence-corrected chi connectivity index (χ1v) is 41.4. The van der Waals surface area contributed by atoms with Crippen molar-refractivity contribution >= 4 is 124 Å². The van der Waals surface area contributed by atoms with Gasteiger partial charge in [-0.3, -0.25) is 26.4 Å². The van der Waals surface area contributed by atoms with Gasteiger partial charge in [-0.25, -0.2) is 79.7 Å². The van der Waals surface area contributed by atoms with Gasteiger partial charge in [0.05, 0.1) is 25.2 Å². The quantitative estimate of drug-likeness (QED) is 0.0253. The summed E-state index contributed by atoms with van der Waals surface area (Å²) in [6.45, 7) is 5.71. The van der Waals surface area contributed by atoms with Crippen molar-refractivity contribution in [1.82, 2.24) is 15.5 Å². The SMILES string of the molecule is CC(C)C[C@H](N=C(O)[C@H](CCCCN)N=C(O)[C@H](CCCNC(=N)N)N=C(O)[C@H](C)N=C(O)[C@H](CO)N=C(O)[C@H](CCCCN)N=C(O)[C@H](CCCNC(=N)N)N=C(O)[C@H](C)N(C)C(=O)CN=C(O)[C@@H](N=C(O)[C@H](Cc1ccccc1)N=C(O)CN=C(O)CN=C(O)[C@@H](N)Cc1ccccc1)[C@@H](C)O)C(O)=N[C@@H](C)C(O)=N[C@@H](CC(=N)O)C(O)=N[C@@H](CCC(=N)O)C(=O)O. The molecule has 0 spiro atoms. The normalized spacial score (nSPS) is 17.4. The van der Waals surface area contributed by atoms with Gasteiger partial charge in [-0.2, -0.15) is 0 Å². The fourth-order valence-corrected chi connectivity index (χ4v) is 11.5. The molecule has 0 saturated carbocycles. The molecule has 0 aliphatic carbocycles. The molecule has 0 fully saturated rings. The number of carbonyl (C=O) groups is 2. The number of nitrogens with one attached hydrogen (secondary N) is 6. The number of aliphatic imine (C=N–C) groups is 15. The second kappa shape index (κ2) is 59.6. The predicted octanol–water partition coefficient (Wildman–Crippen LogP) is 3.99. The smallest absolute Gasteiger partial charge is 0.328 e. The molecule has 2 rings (SSSR count). The van der Waals surface area contributed by atoms with Crippen molar-refractivity contribution in [3.63, 3.8) is 0 Å². The monoisotopic (exact) mass is 1820 g/mol. The van der Waals surface area contributed by atoms with Crippen molar-refractivity contribution < 1.29 is 112 Å². The number of likely N-dealkylation sites (N-methyl/N-ethyl adjacent to an activating group) is 1. The largest absolute Gasteiger partial charge is 0.497 e. The van der Waals surface area contributed by atoms with Crippen molar-refractivity contribution in [3.8, 4) is 0 Å². The van der Waals surface area contributed by atoms with Crippen LogP contribution in [0.4, 0.5) is 0 Å². The van der Waals surface area contributed by atoms with Crippen LogP contribution < -0.4 is 39.3 Å². The Balaban J connectivity index is 2.68. The summed E-state index contributed by atoms with van der Waals surface area (Å²) >= 11 is 0. The van der Waals surface area contributed by atoms with Crippen LogP contribution in [-0.4, -0.2) is 381 Å². The van der Waals surface area contributed by atoms with Crippen molar-refractivity contribution in [2.24, 2.45) is 109 Å². The Bertz CT molecular complexity index is 4370. The first kappa shape index (κ1) is 112. The minimum Gasteiger partial charge on any atom is -0.497 e. The van der Waals surface area contributed by atoms with Gasteiger partial charge in [0.2, 0.25) is 88.5 Å². The Morgan fingerprint density at radius 2 is 0.806 bits per heavy atom. The Morgan fingerprint density at radius 3 is 1.25 bits per heavy atom. The number of unbranched alkanes of at least 4 members (excludes halogenated alkanes) is 2. The predicted molar refractivity (Wildman–Crippen MR) is 497 cm³/mol. The van der Waals surface area contributed by atoms with Crippen LogP contribution in [0, 0.1) is 27.6 Å². The molecule has 2 aromatic carbocycles. The average Bonchev–Trinajstić information content (AvgIpc) is 0.854. The fourth-order valence-electron chi connectivity index (χ4n) is 11.5. The summed E-state index contributed by atoms with van der Waals surface area (Å²) in [5.41, 5.74) is 30.1. The van der Waals surface area contributed by atoms with E-state index in [9.17, 15) is 112 Å². The summed E-state index contributed by atoms with van der Waals surface area (Å²) in [5, 5.41) is 255. The summed E-state index contributed by atoms with van der Waals surface area (Å²) in [7, 11) is 1.23. The number of carbonyl (C=O) groups excluding carboxylic acids is 1. The highest BCUT2D eigenvalue weighted by Crippen LogP contribution is 2.20. The lowest BCUT2D eigenvalue weighted by atomic mass is 10.0. The van der Waals surface area contributed by atoms with Gasteiger partial charge >= 0.3 is 5.97 Å². The summed E-state index contributed by atoms with van der Waals surface area (Å²) in [4.78, 5) is 87.6. The van der Waals surface area contributed by atoms with E-state index >= 15 is 0 Å². The molecule has 49 nitrogen and oxygen atoms in total. The van der Waals surface area contributed by atoms with Gasteiger partial charge in [0.1, 0.15) is 80.1 Å². The number of guanidine groups is 2. The average molecular weight is 1820 g/mol. The van der Waals surface area contributed by atoms with E-state index in [-0.39, 0.29) is 103 Å². The molecule has 49 heteroatoms. The zero-order valence-electron chi connectivity index (χ0n) is 73.3. The number of carboxylic acids is 1. The third kappa shape index (κ3) is 44.6. The van der Waals surface area contributed by atoms with E-state index in [0.29, 0.717) is 18.4 Å². The number of amides is 1. The highest BCUT2D eigenvalue weighted by Gasteiger charge is 2.33.